The number of Topliss-reactive ketones (excluding diaryl/α,β-unsaturated/α-hetero) is 1. The number of hydrogen-bond acceptors (Lipinski definition) is 3. The molecule has 0 aromatic rings. The molecule has 0 aromatic carbocycles. The Morgan fingerprint density at radius 3 is 1.73 bits per heavy atom. The summed E-state index contributed by atoms with van der Waals surface area (Å²) in [6.45, 7) is 9.85. The summed E-state index contributed by atoms with van der Waals surface area (Å²) in [5.41, 5.74) is 4.43. The maximum Gasteiger partial charge on any atom is 0.404 e. The number of carbonyl (C=O) groups excluding carboxylic acids is 2. The lowest BCUT2D eigenvalue weighted by molar-refractivity contribution is -0.117. The molecule has 0 bridgehead atoms. The average molecular weight is 219 g/mol. The number of carbonyl (C=O) groups is 2. The Hall–Kier alpha value is -1.06. The van der Waals surface area contributed by atoms with Crippen LogP contribution in [-0.4, -0.2) is 19.0 Å². The summed E-state index contributed by atoms with van der Waals surface area (Å²) in [6.07, 6.45) is 1.11. The van der Waals surface area contributed by atoms with Crippen LogP contribution < -0.4 is 5.73 Å². The van der Waals surface area contributed by atoms with Crippen molar-refractivity contribution in [2.45, 2.75) is 47.5 Å². The molecule has 92 valence electrons. The molecule has 0 aliphatic heterocycles. The molecule has 0 aliphatic carbocycles. The van der Waals surface area contributed by atoms with Crippen molar-refractivity contribution in [3.8, 4) is 0 Å². The Kier molecular flexibility index (Phi) is 20.0. The molecule has 4 heteroatoms. The number of rotatable bonds is 3. The highest BCUT2D eigenvalue weighted by Gasteiger charge is 2.00. The van der Waals surface area contributed by atoms with Gasteiger partial charge in [-0.05, 0) is 12.8 Å². The van der Waals surface area contributed by atoms with E-state index >= 15 is 0 Å². The second-order valence-electron chi connectivity index (χ2n) is 2.94. The molecule has 0 saturated carbocycles. The lowest BCUT2D eigenvalue weighted by atomic mass is 10.0. The van der Waals surface area contributed by atoms with E-state index in [-0.39, 0.29) is 0 Å². The average Bonchev–Trinajstić information content (AvgIpc) is 2.20. The monoisotopic (exact) mass is 219 g/mol. The molecule has 0 fully saturated rings. The highest BCUT2D eigenvalue weighted by Crippen LogP contribution is 2.05. The molecule has 1 atom stereocenters. The van der Waals surface area contributed by atoms with Crippen LogP contribution in [0.5, 0.6) is 0 Å². The minimum Gasteiger partial charge on any atom is -0.453 e. The number of ketones is 1. The fraction of sp³-hybridized carbons (Fsp3) is 0.818. The maximum absolute atomic E-state index is 10.4. The van der Waals surface area contributed by atoms with Gasteiger partial charge < -0.3 is 15.3 Å². The fourth-order valence-electron chi connectivity index (χ4n) is 0.635. The van der Waals surface area contributed by atoms with Gasteiger partial charge in [-0.2, -0.15) is 0 Å². The SMILES string of the molecule is CC.CCC(C)CC(C)=O.COC(N)=O. The van der Waals surface area contributed by atoms with Crippen LogP contribution in [0.3, 0.4) is 0 Å². The molecular formula is C11H25NO3. The van der Waals surface area contributed by atoms with Gasteiger partial charge in [0.05, 0.1) is 7.11 Å². The van der Waals surface area contributed by atoms with E-state index in [9.17, 15) is 9.59 Å². The quantitative estimate of drug-likeness (QED) is 0.793. The van der Waals surface area contributed by atoms with Crippen LogP contribution in [0.2, 0.25) is 0 Å². The lowest BCUT2D eigenvalue weighted by Gasteiger charge is -2.01. The van der Waals surface area contributed by atoms with Crippen molar-refractivity contribution >= 4 is 11.9 Å². The van der Waals surface area contributed by atoms with Gasteiger partial charge in [-0.3, -0.25) is 0 Å². The predicted octanol–water partition coefficient (Wildman–Crippen LogP) is 2.75. The van der Waals surface area contributed by atoms with Crippen molar-refractivity contribution in [2.24, 2.45) is 11.7 Å². The third-order valence-electron chi connectivity index (χ3n) is 1.53. The molecule has 4 nitrogen and oxygen atoms in total. The standard InChI is InChI=1S/C7H14O.C2H5NO2.C2H6/c1-4-6(2)5-7(3)8;1-5-2(3)4;1-2/h6H,4-5H2,1-3H3;1H3,(H2,3,4);1-2H3. The van der Waals surface area contributed by atoms with E-state index < -0.39 is 6.09 Å². The smallest absolute Gasteiger partial charge is 0.404 e. The van der Waals surface area contributed by atoms with Crippen molar-refractivity contribution in [3.05, 3.63) is 0 Å². The zero-order valence-corrected chi connectivity index (χ0v) is 10.8. The van der Waals surface area contributed by atoms with Gasteiger partial charge in [0.2, 0.25) is 0 Å². The third kappa shape index (κ3) is 32.2. The van der Waals surface area contributed by atoms with Crippen LogP contribution in [0.15, 0.2) is 0 Å². The summed E-state index contributed by atoms with van der Waals surface area (Å²) < 4.78 is 3.89. The predicted molar refractivity (Wildman–Crippen MR) is 62.7 cm³/mol. The first-order valence-electron chi connectivity index (χ1n) is 5.26. The van der Waals surface area contributed by atoms with Crippen LogP contribution in [0.4, 0.5) is 4.79 Å². The van der Waals surface area contributed by atoms with E-state index in [0.29, 0.717) is 11.7 Å². The first kappa shape index (κ1) is 19.5. The van der Waals surface area contributed by atoms with Crippen LogP contribution >= 0.6 is 0 Å². The van der Waals surface area contributed by atoms with Gasteiger partial charge in [-0.25, -0.2) is 4.79 Å². The van der Waals surface area contributed by atoms with Gasteiger partial charge in [-0.15, -0.1) is 0 Å². The largest absolute Gasteiger partial charge is 0.453 e. The Morgan fingerprint density at radius 2 is 1.67 bits per heavy atom. The molecule has 0 rings (SSSR count). The van der Waals surface area contributed by atoms with Gasteiger partial charge in [0.1, 0.15) is 5.78 Å². The number of methoxy groups -OCH3 is 1. The zero-order valence-electron chi connectivity index (χ0n) is 10.8. The molecule has 0 heterocycles. The molecule has 2 N–H and O–H groups in total. The van der Waals surface area contributed by atoms with Gasteiger partial charge in [0.25, 0.3) is 0 Å². The van der Waals surface area contributed by atoms with E-state index in [0.717, 1.165) is 12.8 Å². The Morgan fingerprint density at radius 1 is 1.33 bits per heavy atom. The summed E-state index contributed by atoms with van der Waals surface area (Å²) in [4.78, 5) is 19.8. The highest BCUT2D eigenvalue weighted by atomic mass is 16.5. The third-order valence-corrected chi connectivity index (χ3v) is 1.53. The number of primary amides is 1. The van der Waals surface area contributed by atoms with Crippen molar-refractivity contribution < 1.29 is 14.3 Å². The van der Waals surface area contributed by atoms with Crippen molar-refractivity contribution in [3.63, 3.8) is 0 Å². The summed E-state index contributed by atoms with van der Waals surface area (Å²) in [5.74, 6) is 0.881. The molecule has 0 saturated heterocycles. The second-order valence-corrected chi connectivity index (χ2v) is 2.94. The minimum atomic E-state index is -0.745. The fourth-order valence-corrected chi connectivity index (χ4v) is 0.635. The molecule has 0 aromatic heterocycles. The van der Waals surface area contributed by atoms with Gasteiger partial charge >= 0.3 is 6.09 Å². The van der Waals surface area contributed by atoms with Crippen LogP contribution in [0.1, 0.15) is 47.5 Å². The highest BCUT2D eigenvalue weighted by molar-refractivity contribution is 5.75. The van der Waals surface area contributed by atoms with E-state index in [1.165, 1.54) is 7.11 Å². The van der Waals surface area contributed by atoms with E-state index in [1.807, 2.05) is 13.8 Å². The van der Waals surface area contributed by atoms with Crippen LogP contribution in [0, 0.1) is 5.92 Å². The number of nitrogens with two attached hydrogens (primary N) is 1. The number of ether oxygens (including phenoxy) is 1. The van der Waals surface area contributed by atoms with E-state index in [2.05, 4.69) is 24.3 Å². The summed E-state index contributed by atoms with van der Waals surface area (Å²) in [7, 11) is 1.22. The molecule has 1 unspecified atom stereocenters. The summed E-state index contributed by atoms with van der Waals surface area (Å²) >= 11 is 0. The van der Waals surface area contributed by atoms with Gasteiger partial charge in [0.15, 0.2) is 0 Å². The maximum atomic E-state index is 10.4. The van der Waals surface area contributed by atoms with Gasteiger partial charge in [0, 0.05) is 6.42 Å². The summed E-state index contributed by atoms with van der Waals surface area (Å²) in [5, 5.41) is 0. The number of hydrogen-bond donors (Lipinski definition) is 1. The Bertz CT molecular complexity index is 158. The molecule has 0 radical (unpaired) electrons. The Balaban J connectivity index is -0.000000177. The lowest BCUT2D eigenvalue weighted by Crippen LogP contribution is -2.08. The molecular weight excluding hydrogens is 194 g/mol. The van der Waals surface area contributed by atoms with Crippen molar-refractivity contribution in [2.75, 3.05) is 7.11 Å². The van der Waals surface area contributed by atoms with E-state index in [4.69, 9.17) is 0 Å². The van der Waals surface area contributed by atoms with Crippen molar-refractivity contribution in [1.82, 2.24) is 0 Å². The number of amides is 1. The summed E-state index contributed by atoms with van der Waals surface area (Å²) in [6, 6.07) is 0. The van der Waals surface area contributed by atoms with Crippen molar-refractivity contribution in [1.29, 1.82) is 0 Å². The topological polar surface area (TPSA) is 69.4 Å². The van der Waals surface area contributed by atoms with Gasteiger partial charge in [-0.1, -0.05) is 34.1 Å². The normalized spacial score (nSPS) is 9.73. The molecule has 1 amide bonds. The minimum absolute atomic E-state index is 0.305. The zero-order chi connectivity index (χ0) is 12.9. The molecule has 0 aliphatic rings. The van der Waals surface area contributed by atoms with E-state index in [1.54, 1.807) is 6.92 Å². The van der Waals surface area contributed by atoms with Crippen LogP contribution in [0.25, 0.3) is 0 Å². The Labute approximate surface area is 93.2 Å². The first-order valence-corrected chi connectivity index (χ1v) is 5.26. The van der Waals surface area contributed by atoms with Crippen LogP contribution in [-0.2, 0) is 9.53 Å². The molecule has 15 heavy (non-hydrogen) atoms. The first-order chi connectivity index (χ1) is 6.93. The molecule has 0 spiro atoms. The second kappa shape index (κ2) is 15.4.